The van der Waals surface area contributed by atoms with Crippen molar-refractivity contribution in [1.29, 1.82) is 0 Å². The molecule has 0 saturated heterocycles. The van der Waals surface area contributed by atoms with E-state index in [1.807, 2.05) is 0 Å². The van der Waals surface area contributed by atoms with Crippen molar-refractivity contribution < 1.29 is 18.7 Å². The number of hydrogen-bond acceptors (Lipinski definition) is 3. The first-order chi connectivity index (χ1) is 9.66. The van der Waals surface area contributed by atoms with E-state index in [4.69, 9.17) is 4.42 Å². The number of rotatable bonds is 6. The van der Waals surface area contributed by atoms with Crippen molar-refractivity contribution in [2.75, 3.05) is 6.54 Å². The zero-order chi connectivity index (χ0) is 14.4. The van der Waals surface area contributed by atoms with Gasteiger partial charge >= 0.3 is 0 Å². The quantitative estimate of drug-likeness (QED) is 0.851. The lowest BCUT2D eigenvalue weighted by atomic mass is 10.1. The van der Waals surface area contributed by atoms with Gasteiger partial charge in [0, 0.05) is 24.9 Å². The molecule has 20 heavy (non-hydrogen) atoms. The van der Waals surface area contributed by atoms with Crippen molar-refractivity contribution in [3.8, 4) is 0 Å². The molecule has 5 heteroatoms. The van der Waals surface area contributed by atoms with E-state index in [1.54, 1.807) is 30.5 Å². The molecule has 1 unspecified atom stereocenters. The molecule has 1 atom stereocenters. The molecule has 2 N–H and O–H groups in total. The summed E-state index contributed by atoms with van der Waals surface area (Å²) < 4.78 is 18.5. The van der Waals surface area contributed by atoms with E-state index in [0.29, 0.717) is 6.42 Å². The molecule has 0 spiro atoms. The van der Waals surface area contributed by atoms with Crippen molar-refractivity contribution >= 4 is 5.91 Å². The molecule has 2 aromatic rings. The van der Waals surface area contributed by atoms with Gasteiger partial charge in [0.05, 0.1) is 12.4 Å². The van der Waals surface area contributed by atoms with Crippen molar-refractivity contribution in [2.45, 2.75) is 18.9 Å². The Morgan fingerprint density at radius 1 is 1.30 bits per heavy atom. The molecule has 0 aliphatic carbocycles. The van der Waals surface area contributed by atoms with Crippen molar-refractivity contribution in [3.63, 3.8) is 0 Å². The highest BCUT2D eigenvalue weighted by molar-refractivity contribution is 5.76. The number of carbonyl (C=O) groups excluding carboxylic acids is 1. The molecule has 0 saturated carbocycles. The largest absolute Gasteiger partial charge is 0.469 e. The highest BCUT2D eigenvalue weighted by Crippen LogP contribution is 2.15. The van der Waals surface area contributed by atoms with E-state index in [0.717, 1.165) is 5.76 Å². The molecule has 0 fully saturated rings. The number of hydrogen-bond donors (Lipinski definition) is 2. The minimum absolute atomic E-state index is 0.0160. The van der Waals surface area contributed by atoms with Crippen LogP contribution in [0.25, 0.3) is 0 Å². The smallest absolute Gasteiger partial charge is 0.220 e. The highest BCUT2D eigenvalue weighted by Gasteiger charge is 2.13. The van der Waals surface area contributed by atoms with Crippen molar-refractivity contribution in [2.24, 2.45) is 0 Å². The Balaban J connectivity index is 1.77. The SMILES string of the molecule is O=C(CCc1ccco1)NCC(O)c1ccccc1F. The number of aryl methyl sites for hydroxylation is 1. The van der Waals surface area contributed by atoms with Gasteiger partial charge in [-0.1, -0.05) is 18.2 Å². The zero-order valence-corrected chi connectivity index (χ0v) is 10.9. The predicted molar refractivity (Wildman–Crippen MR) is 71.4 cm³/mol. The Hall–Kier alpha value is -2.14. The van der Waals surface area contributed by atoms with Crippen molar-refractivity contribution in [1.82, 2.24) is 5.32 Å². The van der Waals surface area contributed by atoms with Gasteiger partial charge in [-0.05, 0) is 18.2 Å². The van der Waals surface area contributed by atoms with Crippen LogP contribution in [0.1, 0.15) is 23.8 Å². The van der Waals surface area contributed by atoms with E-state index < -0.39 is 11.9 Å². The monoisotopic (exact) mass is 277 g/mol. The van der Waals surface area contributed by atoms with Crippen LogP contribution in [0.2, 0.25) is 0 Å². The lowest BCUT2D eigenvalue weighted by molar-refractivity contribution is -0.121. The molecule has 2 rings (SSSR count). The Bertz CT molecular complexity index is 554. The van der Waals surface area contributed by atoms with Crippen LogP contribution in [0.15, 0.2) is 47.1 Å². The molecule has 4 nitrogen and oxygen atoms in total. The molecule has 0 bridgehead atoms. The summed E-state index contributed by atoms with van der Waals surface area (Å²) in [7, 11) is 0. The van der Waals surface area contributed by atoms with Gasteiger partial charge in [0.15, 0.2) is 0 Å². The summed E-state index contributed by atoms with van der Waals surface area (Å²) in [6.07, 6.45) is 1.25. The number of nitrogens with one attached hydrogen (secondary N) is 1. The van der Waals surface area contributed by atoms with Crippen molar-refractivity contribution in [3.05, 3.63) is 59.8 Å². The first kappa shape index (κ1) is 14.3. The molecular weight excluding hydrogens is 261 g/mol. The topological polar surface area (TPSA) is 62.5 Å². The standard InChI is InChI=1S/C15H16FNO3/c16-13-6-2-1-5-12(13)14(18)10-17-15(19)8-7-11-4-3-9-20-11/h1-6,9,14,18H,7-8,10H2,(H,17,19). The van der Waals surface area contributed by atoms with Gasteiger partial charge in [-0.3, -0.25) is 4.79 Å². The summed E-state index contributed by atoms with van der Waals surface area (Å²) in [5, 5.41) is 12.4. The number of carbonyl (C=O) groups is 1. The maximum absolute atomic E-state index is 13.4. The van der Waals surface area contributed by atoms with Gasteiger partial charge < -0.3 is 14.8 Å². The van der Waals surface area contributed by atoms with Crippen LogP contribution >= 0.6 is 0 Å². The lowest BCUT2D eigenvalue weighted by Crippen LogP contribution is -2.28. The van der Waals surface area contributed by atoms with Crippen LogP contribution in [-0.2, 0) is 11.2 Å². The van der Waals surface area contributed by atoms with E-state index in [2.05, 4.69) is 5.32 Å². The molecular formula is C15H16FNO3. The summed E-state index contributed by atoms with van der Waals surface area (Å²) >= 11 is 0. The fourth-order valence-electron chi connectivity index (χ4n) is 1.85. The van der Waals surface area contributed by atoms with Crippen LogP contribution in [0.5, 0.6) is 0 Å². The molecule has 106 valence electrons. The minimum atomic E-state index is -1.05. The highest BCUT2D eigenvalue weighted by atomic mass is 19.1. The first-order valence-electron chi connectivity index (χ1n) is 6.38. The fourth-order valence-corrected chi connectivity index (χ4v) is 1.85. The molecule has 0 aliphatic rings. The summed E-state index contributed by atoms with van der Waals surface area (Å²) in [5.74, 6) is 0.0384. The average molecular weight is 277 g/mol. The fraction of sp³-hybridized carbons (Fsp3) is 0.267. The molecule has 1 heterocycles. The summed E-state index contributed by atoms with van der Waals surface area (Å²) in [6.45, 7) is -0.0160. The van der Waals surface area contributed by atoms with E-state index in [9.17, 15) is 14.3 Å². The third-order valence-electron chi connectivity index (χ3n) is 2.94. The molecule has 1 aromatic heterocycles. The first-order valence-corrected chi connectivity index (χ1v) is 6.38. The number of halogens is 1. The van der Waals surface area contributed by atoms with E-state index in [1.165, 1.54) is 12.1 Å². The molecule has 1 aromatic carbocycles. The summed E-state index contributed by atoms with van der Waals surface area (Å²) in [6, 6.07) is 9.51. The zero-order valence-electron chi connectivity index (χ0n) is 10.9. The summed E-state index contributed by atoms with van der Waals surface area (Å²) in [4.78, 5) is 11.6. The number of aliphatic hydroxyl groups is 1. The predicted octanol–water partition coefficient (Wildman–Crippen LogP) is 2.20. The maximum atomic E-state index is 13.4. The van der Waals surface area contributed by atoms with E-state index in [-0.39, 0.29) is 24.4 Å². The number of aliphatic hydroxyl groups excluding tert-OH is 1. The third kappa shape index (κ3) is 3.93. The number of amides is 1. The third-order valence-corrected chi connectivity index (χ3v) is 2.94. The van der Waals surface area contributed by atoms with Gasteiger partial charge in [-0.25, -0.2) is 4.39 Å². The number of furan rings is 1. The molecule has 0 radical (unpaired) electrons. The number of benzene rings is 1. The van der Waals surface area contributed by atoms with Crippen LogP contribution in [0.4, 0.5) is 4.39 Å². The Morgan fingerprint density at radius 2 is 2.10 bits per heavy atom. The molecule has 1 amide bonds. The second kappa shape index (κ2) is 6.86. The Kier molecular flexibility index (Phi) is 4.90. The second-order valence-electron chi connectivity index (χ2n) is 4.42. The summed E-state index contributed by atoms with van der Waals surface area (Å²) in [5.41, 5.74) is 0.179. The van der Waals surface area contributed by atoms with Crippen LogP contribution in [0, 0.1) is 5.82 Å². The van der Waals surface area contributed by atoms with Gasteiger partial charge in [-0.15, -0.1) is 0 Å². The Morgan fingerprint density at radius 3 is 2.80 bits per heavy atom. The Labute approximate surface area is 116 Å². The molecule has 0 aliphatic heterocycles. The average Bonchev–Trinajstić information content (AvgIpc) is 2.96. The normalized spacial score (nSPS) is 12.1. The van der Waals surface area contributed by atoms with Crippen LogP contribution in [0.3, 0.4) is 0 Å². The van der Waals surface area contributed by atoms with E-state index >= 15 is 0 Å². The van der Waals surface area contributed by atoms with Gasteiger partial charge in [-0.2, -0.15) is 0 Å². The minimum Gasteiger partial charge on any atom is -0.469 e. The van der Waals surface area contributed by atoms with Gasteiger partial charge in [0.2, 0.25) is 5.91 Å². The van der Waals surface area contributed by atoms with Crippen LogP contribution in [-0.4, -0.2) is 17.6 Å². The van der Waals surface area contributed by atoms with Gasteiger partial charge in [0.1, 0.15) is 11.6 Å². The maximum Gasteiger partial charge on any atom is 0.220 e. The second-order valence-corrected chi connectivity index (χ2v) is 4.42. The van der Waals surface area contributed by atoms with Gasteiger partial charge in [0.25, 0.3) is 0 Å². The lowest BCUT2D eigenvalue weighted by Gasteiger charge is -2.12. The van der Waals surface area contributed by atoms with Crippen LogP contribution < -0.4 is 5.32 Å².